The molecule has 0 fully saturated rings. The predicted octanol–water partition coefficient (Wildman–Crippen LogP) is 4.14. The van der Waals surface area contributed by atoms with Crippen LogP contribution in [0.4, 0.5) is 0 Å². The molecule has 1 N–H and O–H groups in total. The molecule has 0 aromatic heterocycles. The molecule has 3 aromatic rings. The smallest absolute Gasteiger partial charge is 0.338 e. The summed E-state index contributed by atoms with van der Waals surface area (Å²) in [6, 6.07) is 8.28. The van der Waals surface area contributed by atoms with Crippen LogP contribution in [0.2, 0.25) is 0 Å². The Bertz CT molecular complexity index is 1140. The molecule has 4 rings (SSSR count). The minimum absolute atomic E-state index is 0.0353. The summed E-state index contributed by atoms with van der Waals surface area (Å²) in [5.41, 5.74) is 1.25. The summed E-state index contributed by atoms with van der Waals surface area (Å²) in [4.78, 5) is 12.9. The normalized spacial score (nSPS) is 12.0. The predicted molar refractivity (Wildman–Crippen MR) is 113 cm³/mol. The molecule has 8 nitrogen and oxygen atoms in total. The zero-order valence-electron chi connectivity index (χ0n) is 17.6. The molecule has 31 heavy (non-hydrogen) atoms. The maximum absolute atomic E-state index is 12.9. The summed E-state index contributed by atoms with van der Waals surface area (Å²) >= 11 is 0. The lowest BCUT2D eigenvalue weighted by atomic mass is 9.91. The van der Waals surface area contributed by atoms with Gasteiger partial charge in [-0.15, -0.1) is 0 Å². The first-order valence-electron chi connectivity index (χ1n) is 9.59. The van der Waals surface area contributed by atoms with Gasteiger partial charge in [-0.3, -0.25) is 0 Å². The average molecular weight is 426 g/mol. The van der Waals surface area contributed by atoms with Crippen LogP contribution in [0, 0.1) is 0 Å². The van der Waals surface area contributed by atoms with Crippen molar-refractivity contribution in [2.24, 2.45) is 0 Å². The Labute approximate surface area is 178 Å². The molecule has 0 aliphatic carbocycles. The molecular formula is C23H22O8. The third kappa shape index (κ3) is 3.30. The van der Waals surface area contributed by atoms with Crippen molar-refractivity contribution in [3.63, 3.8) is 0 Å². The van der Waals surface area contributed by atoms with E-state index >= 15 is 0 Å². The van der Waals surface area contributed by atoms with Gasteiger partial charge in [0.25, 0.3) is 0 Å². The molecule has 1 aliphatic heterocycles. The molecule has 0 amide bonds. The number of methoxy groups -OCH3 is 3. The van der Waals surface area contributed by atoms with E-state index in [0.29, 0.717) is 50.6 Å². The summed E-state index contributed by atoms with van der Waals surface area (Å²) in [7, 11) is 4.53. The maximum atomic E-state index is 12.9. The Morgan fingerprint density at radius 3 is 2.35 bits per heavy atom. The summed E-state index contributed by atoms with van der Waals surface area (Å²) in [6.45, 7) is 1.93. The molecule has 0 bridgehead atoms. The van der Waals surface area contributed by atoms with Crippen LogP contribution >= 0.6 is 0 Å². The molecule has 1 heterocycles. The molecule has 3 aromatic carbocycles. The Hall–Kier alpha value is -3.81. The number of rotatable bonds is 6. The van der Waals surface area contributed by atoms with E-state index in [-0.39, 0.29) is 24.7 Å². The second-order valence-corrected chi connectivity index (χ2v) is 6.67. The maximum Gasteiger partial charge on any atom is 0.338 e. The fraction of sp³-hybridized carbons (Fsp3) is 0.261. The summed E-state index contributed by atoms with van der Waals surface area (Å²) in [6.07, 6.45) is 0. The first kappa shape index (κ1) is 20.5. The van der Waals surface area contributed by atoms with E-state index in [9.17, 15) is 9.90 Å². The van der Waals surface area contributed by atoms with Gasteiger partial charge in [0.05, 0.1) is 33.5 Å². The van der Waals surface area contributed by atoms with Crippen molar-refractivity contribution in [2.75, 3.05) is 34.7 Å². The summed E-state index contributed by atoms with van der Waals surface area (Å²) in [5.74, 6) is 1.53. The van der Waals surface area contributed by atoms with Gasteiger partial charge in [-0.25, -0.2) is 4.79 Å². The molecule has 0 saturated heterocycles. The van der Waals surface area contributed by atoms with Crippen LogP contribution in [0.15, 0.2) is 30.3 Å². The number of hydrogen-bond acceptors (Lipinski definition) is 8. The van der Waals surface area contributed by atoms with Crippen molar-refractivity contribution in [3.8, 4) is 45.6 Å². The third-order valence-corrected chi connectivity index (χ3v) is 5.06. The number of benzene rings is 3. The van der Waals surface area contributed by atoms with E-state index in [1.807, 2.05) is 0 Å². The number of ether oxygens (including phenoxy) is 6. The van der Waals surface area contributed by atoms with Gasteiger partial charge in [0.2, 0.25) is 12.5 Å². The number of phenolic OH excluding ortho intramolecular Hbond substituents is 1. The van der Waals surface area contributed by atoms with Gasteiger partial charge in [0.1, 0.15) is 5.75 Å². The van der Waals surface area contributed by atoms with E-state index in [1.165, 1.54) is 27.4 Å². The second-order valence-electron chi connectivity index (χ2n) is 6.67. The van der Waals surface area contributed by atoms with E-state index < -0.39 is 5.97 Å². The highest BCUT2D eigenvalue weighted by Gasteiger charge is 2.28. The fourth-order valence-corrected chi connectivity index (χ4v) is 3.75. The summed E-state index contributed by atoms with van der Waals surface area (Å²) < 4.78 is 32.9. The highest BCUT2D eigenvalue weighted by atomic mass is 16.7. The Balaban J connectivity index is 2.14. The molecule has 0 atom stereocenters. The van der Waals surface area contributed by atoms with Crippen molar-refractivity contribution in [2.45, 2.75) is 6.92 Å². The monoisotopic (exact) mass is 426 g/mol. The van der Waals surface area contributed by atoms with Crippen LogP contribution in [0.5, 0.6) is 34.5 Å². The van der Waals surface area contributed by atoms with Crippen LogP contribution < -0.4 is 23.7 Å². The van der Waals surface area contributed by atoms with Crippen molar-refractivity contribution in [3.05, 3.63) is 35.9 Å². The highest BCUT2D eigenvalue weighted by Crippen LogP contribution is 2.50. The molecule has 0 unspecified atom stereocenters. The Kier molecular flexibility index (Phi) is 5.37. The van der Waals surface area contributed by atoms with Crippen molar-refractivity contribution >= 4 is 16.7 Å². The standard InChI is InChI=1S/C23H22O8/c1-5-29-23(25)14-10-15(24)13-6-7-16-22(31-11-30-16)20(13)19(14)12-8-17(26-2)21(28-4)18(9-12)27-3/h6-10,24H,5,11H2,1-4H3. The lowest BCUT2D eigenvalue weighted by Gasteiger charge is -2.18. The molecular weight excluding hydrogens is 404 g/mol. The van der Waals surface area contributed by atoms with Crippen molar-refractivity contribution in [1.29, 1.82) is 0 Å². The highest BCUT2D eigenvalue weighted by molar-refractivity contribution is 6.13. The Morgan fingerprint density at radius 2 is 1.74 bits per heavy atom. The van der Waals surface area contributed by atoms with Crippen LogP contribution in [0.25, 0.3) is 21.9 Å². The van der Waals surface area contributed by atoms with E-state index in [1.54, 1.807) is 31.2 Å². The van der Waals surface area contributed by atoms with Gasteiger partial charge >= 0.3 is 5.97 Å². The molecule has 8 heteroatoms. The molecule has 162 valence electrons. The zero-order valence-corrected chi connectivity index (χ0v) is 17.6. The van der Waals surface area contributed by atoms with Gasteiger partial charge in [0.15, 0.2) is 23.0 Å². The van der Waals surface area contributed by atoms with Crippen LogP contribution in [0.3, 0.4) is 0 Å². The SMILES string of the molecule is CCOC(=O)c1cc(O)c2ccc3c(c2c1-c1cc(OC)c(OC)c(OC)c1)OCO3. The first-order chi connectivity index (χ1) is 15.0. The number of esters is 1. The van der Waals surface area contributed by atoms with E-state index in [2.05, 4.69) is 0 Å². The lowest BCUT2D eigenvalue weighted by Crippen LogP contribution is -2.07. The van der Waals surface area contributed by atoms with Crippen LogP contribution in [-0.2, 0) is 4.74 Å². The quantitative estimate of drug-likeness (QED) is 0.588. The molecule has 0 saturated carbocycles. The minimum atomic E-state index is -0.583. The first-order valence-corrected chi connectivity index (χ1v) is 9.59. The van der Waals surface area contributed by atoms with Gasteiger partial charge < -0.3 is 33.5 Å². The van der Waals surface area contributed by atoms with E-state index in [0.717, 1.165) is 0 Å². The van der Waals surface area contributed by atoms with Crippen LogP contribution in [-0.4, -0.2) is 45.8 Å². The molecule has 0 spiro atoms. The topological polar surface area (TPSA) is 92.7 Å². The largest absolute Gasteiger partial charge is 0.507 e. The molecule has 1 aliphatic rings. The minimum Gasteiger partial charge on any atom is -0.507 e. The molecule has 0 radical (unpaired) electrons. The van der Waals surface area contributed by atoms with E-state index in [4.69, 9.17) is 28.4 Å². The lowest BCUT2D eigenvalue weighted by molar-refractivity contribution is 0.0527. The zero-order chi connectivity index (χ0) is 22.1. The van der Waals surface area contributed by atoms with Gasteiger partial charge in [-0.2, -0.15) is 0 Å². The number of aromatic hydroxyl groups is 1. The van der Waals surface area contributed by atoms with Crippen molar-refractivity contribution in [1.82, 2.24) is 0 Å². The van der Waals surface area contributed by atoms with Gasteiger partial charge in [-0.05, 0) is 42.8 Å². The summed E-state index contributed by atoms with van der Waals surface area (Å²) in [5, 5.41) is 11.7. The van der Waals surface area contributed by atoms with Crippen molar-refractivity contribution < 1.29 is 38.3 Å². The average Bonchev–Trinajstić information content (AvgIpc) is 3.27. The Morgan fingerprint density at radius 1 is 1.03 bits per heavy atom. The fourth-order valence-electron chi connectivity index (χ4n) is 3.75. The number of carbonyl (C=O) groups excluding carboxylic acids is 1. The number of hydrogen-bond donors (Lipinski definition) is 1. The third-order valence-electron chi connectivity index (χ3n) is 5.06. The van der Waals surface area contributed by atoms with Crippen LogP contribution in [0.1, 0.15) is 17.3 Å². The van der Waals surface area contributed by atoms with Gasteiger partial charge in [0, 0.05) is 16.3 Å². The second kappa shape index (κ2) is 8.14. The number of fused-ring (bicyclic) bond motifs is 3. The number of carbonyl (C=O) groups is 1. The van der Waals surface area contributed by atoms with Gasteiger partial charge in [-0.1, -0.05) is 0 Å². The number of phenols is 1.